The number of hydrogen-bond acceptors (Lipinski definition) is 3. The smallest absolute Gasteiger partial charge is 0.419 e. The molecule has 1 aromatic rings. The van der Waals surface area contributed by atoms with Crippen LogP contribution in [0.15, 0.2) is 12.5 Å². The Hall–Kier alpha value is -1.32. The number of ether oxygens (including phenoxy) is 1. The van der Waals surface area contributed by atoms with E-state index in [-0.39, 0.29) is 6.09 Å². The van der Waals surface area contributed by atoms with Crippen LogP contribution < -0.4 is 0 Å². The molecule has 0 saturated heterocycles. The zero-order chi connectivity index (χ0) is 13.2. The number of carbonyl (C=O) groups excluding carboxylic acids is 1. The first-order valence-corrected chi connectivity index (χ1v) is 5.98. The summed E-state index contributed by atoms with van der Waals surface area (Å²) in [5.74, 6) is 0.829. The Morgan fingerprint density at radius 3 is 2.41 bits per heavy atom. The topological polar surface area (TPSA) is 44.1 Å². The average molecular weight is 238 g/mol. The van der Waals surface area contributed by atoms with Gasteiger partial charge in [-0.15, -0.1) is 0 Å². The molecular weight excluding hydrogens is 216 g/mol. The van der Waals surface area contributed by atoms with E-state index in [0.717, 1.165) is 5.69 Å². The van der Waals surface area contributed by atoms with Gasteiger partial charge in [0.15, 0.2) is 0 Å². The van der Waals surface area contributed by atoms with Crippen LogP contribution in [0.5, 0.6) is 0 Å². The lowest BCUT2D eigenvalue weighted by Crippen LogP contribution is -2.26. The maximum absolute atomic E-state index is 11.8. The molecule has 4 nitrogen and oxygen atoms in total. The lowest BCUT2D eigenvalue weighted by molar-refractivity contribution is 0.0536. The first-order valence-electron chi connectivity index (χ1n) is 5.98. The molecule has 0 aromatic carbocycles. The minimum absolute atomic E-state index is 0.332. The highest BCUT2D eigenvalue weighted by molar-refractivity contribution is 5.70. The van der Waals surface area contributed by atoms with Crippen molar-refractivity contribution in [3.63, 3.8) is 0 Å². The highest BCUT2D eigenvalue weighted by atomic mass is 16.6. The van der Waals surface area contributed by atoms with E-state index in [1.54, 1.807) is 6.20 Å². The summed E-state index contributed by atoms with van der Waals surface area (Å²) in [6.07, 6.45) is 2.88. The molecule has 4 heteroatoms. The fourth-order valence-corrected chi connectivity index (χ4v) is 1.33. The Bertz CT molecular complexity index is 388. The van der Waals surface area contributed by atoms with Gasteiger partial charge >= 0.3 is 6.09 Å². The number of carbonyl (C=O) groups is 1. The van der Waals surface area contributed by atoms with Crippen LogP contribution in [0.25, 0.3) is 0 Å². The Morgan fingerprint density at radius 2 is 1.94 bits per heavy atom. The van der Waals surface area contributed by atoms with Gasteiger partial charge in [-0.25, -0.2) is 14.3 Å². The first-order chi connectivity index (χ1) is 7.70. The van der Waals surface area contributed by atoms with E-state index in [0.29, 0.717) is 11.8 Å². The van der Waals surface area contributed by atoms with Crippen LogP contribution in [-0.2, 0) is 4.74 Å². The van der Waals surface area contributed by atoms with Crippen molar-refractivity contribution in [3.05, 3.63) is 18.2 Å². The Kier molecular flexibility index (Phi) is 3.96. The van der Waals surface area contributed by atoms with Crippen molar-refractivity contribution in [1.29, 1.82) is 0 Å². The molecule has 17 heavy (non-hydrogen) atoms. The number of hydrogen-bond donors (Lipinski definition) is 0. The van der Waals surface area contributed by atoms with Crippen molar-refractivity contribution in [3.8, 4) is 0 Å². The molecule has 0 aliphatic rings. The molecule has 0 amide bonds. The van der Waals surface area contributed by atoms with E-state index in [1.807, 2.05) is 20.8 Å². The Balaban J connectivity index is 2.78. The summed E-state index contributed by atoms with van der Waals surface area (Å²) >= 11 is 0. The van der Waals surface area contributed by atoms with Crippen molar-refractivity contribution in [2.24, 2.45) is 5.92 Å². The number of nitrogens with zero attached hydrogens (tertiary/aromatic N) is 2. The minimum Gasteiger partial charge on any atom is -0.443 e. The maximum Gasteiger partial charge on any atom is 0.419 e. The second kappa shape index (κ2) is 4.90. The summed E-state index contributed by atoms with van der Waals surface area (Å²) in [6.45, 7) is 11.9. The second-order valence-electron chi connectivity index (χ2n) is 5.72. The van der Waals surface area contributed by atoms with Gasteiger partial charge in [0.1, 0.15) is 11.9 Å². The standard InChI is InChI=1S/C13H22N2O2/c1-9(2)10(3)11-7-15(8-14-11)12(16)17-13(4,5)6/h7-10H,1-6H3. The molecule has 0 N–H and O–H groups in total. The van der Waals surface area contributed by atoms with Gasteiger partial charge in [-0.05, 0) is 26.7 Å². The van der Waals surface area contributed by atoms with Gasteiger partial charge in [-0.1, -0.05) is 20.8 Å². The molecule has 0 saturated carbocycles. The fraction of sp³-hybridized carbons (Fsp3) is 0.692. The van der Waals surface area contributed by atoms with Gasteiger partial charge in [0.25, 0.3) is 0 Å². The lowest BCUT2D eigenvalue weighted by atomic mass is 9.95. The highest BCUT2D eigenvalue weighted by Gasteiger charge is 2.19. The molecule has 0 radical (unpaired) electrons. The highest BCUT2D eigenvalue weighted by Crippen LogP contribution is 2.21. The van der Waals surface area contributed by atoms with Gasteiger partial charge in [-0.2, -0.15) is 0 Å². The zero-order valence-electron chi connectivity index (χ0n) is 11.5. The van der Waals surface area contributed by atoms with Crippen molar-refractivity contribution in [2.75, 3.05) is 0 Å². The van der Waals surface area contributed by atoms with Crippen LogP contribution in [0.4, 0.5) is 4.79 Å². The fourth-order valence-electron chi connectivity index (χ4n) is 1.33. The SMILES string of the molecule is CC(C)C(C)c1cn(C(=O)OC(C)(C)C)cn1. The molecule has 96 valence electrons. The van der Waals surface area contributed by atoms with Crippen LogP contribution in [0, 0.1) is 5.92 Å². The van der Waals surface area contributed by atoms with Gasteiger partial charge in [0.05, 0.1) is 5.69 Å². The third-order valence-corrected chi connectivity index (χ3v) is 2.67. The summed E-state index contributed by atoms with van der Waals surface area (Å²) in [6, 6.07) is 0. The van der Waals surface area contributed by atoms with Crippen LogP contribution in [0.3, 0.4) is 0 Å². The predicted octanol–water partition coefficient (Wildman–Crippen LogP) is 3.43. The third kappa shape index (κ3) is 3.88. The summed E-state index contributed by atoms with van der Waals surface area (Å²) in [4.78, 5) is 16.0. The molecule has 0 fully saturated rings. The van der Waals surface area contributed by atoms with Gasteiger partial charge < -0.3 is 4.74 Å². The van der Waals surface area contributed by atoms with E-state index in [4.69, 9.17) is 4.74 Å². The molecule has 1 rings (SSSR count). The Morgan fingerprint density at radius 1 is 1.35 bits per heavy atom. The number of rotatable bonds is 2. The molecule has 1 aromatic heterocycles. The van der Waals surface area contributed by atoms with Crippen molar-refractivity contribution in [2.45, 2.75) is 53.1 Å². The van der Waals surface area contributed by atoms with Crippen LogP contribution >= 0.6 is 0 Å². The predicted molar refractivity (Wildman–Crippen MR) is 67.1 cm³/mol. The average Bonchev–Trinajstić information content (AvgIpc) is 2.62. The van der Waals surface area contributed by atoms with Crippen molar-refractivity contribution >= 4 is 6.09 Å². The largest absolute Gasteiger partial charge is 0.443 e. The van der Waals surface area contributed by atoms with Crippen LogP contribution in [0.1, 0.15) is 53.2 Å². The summed E-state index contributed by atoms with van der Waals surface area (Å²) in [5, 5.41) is 0. The van der Waals surface area contributed by atoms with Gasteiger partial charge in [0.2, 0.25) is 0 Å². The molecule has 0 spiro atoms. The van der Waals surface area contributed by atoms with Gasteiger partial charge in [-0.3, -0.25) is 0 Å². The number of imidazole rings is 1. The summed E-state index contributed by atoms with van der Waals surface area (Å²) in [7, 11) is 0. The van der Waals surface area contributed by atoms with Crippen molar-refractivity contribution < 1.29 is 9.53 Å². The van der Waals surface area contributed by atoms with E-state index in [2.05, 4.69) is 25.8 Å². The number of aromatic nitrogens is 2. The van der Waals surface area contributed by atoms with Crippen molar-refractivity contribution in [1.82, 2.24) is 9.55 Å². The minimum atomic E-state index is -0.481. The summed E-state index contributed by atoms with van der Waals surface area (Å²) in [5.41, 5.74) is 0.441. The maximum atomic E-state index is 11.8. The Labute approximate surface area is 103 Å². The lowest BCUT2D eigenvalue weighted by Gasteiger charge is -2.19. The molecule has 1 atom stereocenters. The normalized spacial score (nSPS) is 13.8. The van der Waals surface area contributed by atoms with E-state index >= 15 is 0 Å². The van der Waals surface area contributed by atoms with Crippen LogP contribution in [-0.4, -0.2) is 21.2 Å². The molecule has 1 unspecified atom stereocenters. The van der Waals surface area contributed by atoms with E-state index in [1.165, 1.54) is 10.9 Å². The molecule has 0 aliphatic heterocycles. The quantitative estimate of drug-likeness (QED) is 0.793. The van der Waals surface area contributed by atoms with E-state index in [9.17, 15) is 4.79 Å². The molecule has 0 bridgehead atoms. The summed E-state index contributed by atoms with van der Waals surface area (Å²) < 4.78 is 6.66. The molecule has 1 heterocycles. The van der Waals surface area contributed by atoms with Gasteiger partial charge in [0, 0.05) is 12.1 Å². The first kappa shape index (κ1) is 13.7. The second-order valence-corrected chi connectivity index (χ2v) is 5.72. The zero-order valence-corrected chi connectivity index (χ0v) is 11.5. The monoisotopic (exact) mass is 238 g/mol. The third-order valence-electron chi connectivity index (χ3n) is 2.67. The van der Waals surface area contributed by atoms with Crippen LogP contribution in [0.2, 0.25) is 0 Å². The molecular formula is C13H22N2O2. The van der Waals surface area contributed by atoms with E-state index < -0.39 is 5.60 Å². The molecule has 0 aliphatic carbocycles.